The van der Waals surface area contributed by atoms with E-state index in [0.29, 0.717) is 18.2 Å². The van der Waals surface area contributed by atoms with Crippen LogP contribution in [0.3, 0.4) is 0 Å². The molecule has 0 unspecified atom stereocenters. The molecule has 1 aliphatic rings. The number of pyridine rings is 1. The lowest BCUT2D eigenvalue weighted by atomic mass is 10.2. The van der Waals surface area contributed by atoms with Crippen molar-refractivity contribution in [3.8, 4) is 0 Å². The number of H-pyrrole nitrogens is 1. The lowest BCUT2D eigenvalue weighted by molar-refractivity contribution is 0.0945. The second kappa shape index (κ2) is 4.79. The van der Waals surface area contributed by atoms with E-state index in [1.54, 1.807) is 6.20 Å². The first-order chi connectivity index (χ1) is 9.24. The van der Waals surface area contributed by atoms with Crippen LogP contribution >= 0.6 is 0 Å². The summed E-state index contributed by atoms with van der Waals surface area (Å²) >= 11 is 0. The zero-order valence-corrected chi connectivity index (χ0v) is 10.7. The highest BCUT2D eigenvalue weighted by molar-refractivity contribution is 5.93. The zero-order chi connectivity index (χ0) is 13.2. The molecular weight excluding hydrogens is 242 g/mol. The van der Waals surface area contributed by atoms with Gasteiger partial charge in [-0.2, -0.15) is 15.4 Å². The van der Waals surface area contributed by atoms with E-state index in [1.165, 1.54) is 0 Å². The lowest BCUT2D eigenvalue weighted by Crippen LogP contribution is -2.24. The van der Waals surface area contributed by atoms with E-state index < -0.39 is 0 Å². The minimum atomic E-state index is -0.184. The number of carbonyl (C=O) groups excluding carboxylic acids is 1. The second-order valence-corrected chi connectivity index (χ2v) is 4.82. The van der Waals surface area contributed by atoms with Crippen LogP contribution in [0.4, 0.5) is 0 Å². The number of hydrogen-bond donors (Lipinski definition) is 2. The molecule has 2 aromatic heterocycles. The first-order valence-electron chi connectivity index (χ1n) is 6.34. The molecule has 2 aromatic rings. The van der Waals surface area contributed by atoms with Gasteiger partial charge in [0.1, 0.15) is 0 Å². The van der Waals surface area contributed by atoms with E-state index in [0.717, 1.165) is 29.8 Å². The largest absolute Gasteiger partial charge is 0.346 e. The molecule has 1 fully saturated rings. The van der Waals surface area contributed by atoms with E-state index >= 15 is 0 Å². The lowest BCUT2D eigenvalue weighted by Gasteiger charge is -2.04. The van der Waals surface area contributed by atoms with E-state index in [9.17, 15) is 4.79 Å². The number of aromatic nitrogens is 4. The molecule has 0 saturated heterocycles. The summed E-state index contributed by atoms with van der Waals surface area (Å²) in [4.78, 5) is 16.2. The highest BCUT2D eigenvalue weighted by Crippen LogP contribution is 2.39. The fourth-order valence-corrected chi connectivity index (χ4v) is 1.92. The van der Waals surface area contributed by atoms with Gasteiger partial charge in [0.05, 0.1) is 5.69 Å². The van der Waals surface area contributed by atoms with Crippen molar-refractivity contribution in [1.82, 2.24) is 25.7 Å². The molecule has 1 aliphatic carbocycles. The highest BCUT2D eigenvalue weighted by Gasteiger charge is 2.31. The van der Waals surface area contributed by atoms with Crippen LogP contribution in [-0.2, 0) is 6.54 Å². The standard InChI is InChI=1S/C13H15N5O/c1-8-2-3-9(6-14-8)7-15-13(19)12-11(10-4-5-10)16-18-17-12/h2-3,6,10H,4-5,7H2,1H3,(H,15,19)(H,16,17,18). The average Bonchev–Trinajstić information content (AvgIpc) is 3.15. The van der Waals surface area contributed by atoms with E-state index in [2.05, 4.69) is 25.7 Å². The molecule has 19 heavy (non-hydrogen) atoms. The van der Waals surface area contributed by atoms with Gasteiger partial charge in [-0.05, 0) is 31.4 Å². The number of aryl methyl sites for hydroxylation is 1. The second-order valence-electron chi connectivity index (χ2n) is 4.82. The van der Waals surface area contributed by atoms with Gasteiger partial charge in [-0.25, -0.2) is 0 Å². The van der Waals surface area contributed by atoms with Gasteiger partial charge in [0.25, 0.3) is 5.91 Å². The molecule has 1 amide bonds. The number of carbonyl (C=O) groups is 1. The van der Waals surface area contributed by atoms with E-state index in [-0.39, 0.29) is 5.91 Å². The summed E-state index contributed by atoms with van der Waals surface area (Å²) < 4.78 is 0. The Bertz CT molecular complexity index is 585. The number of nitrogens with zero attached hydrogens (tertiary/aromatic N) is 3. The maximum absolute atomic E-state index is 12.0. The van der Waals surface area contributed by atoms with Crippen molar-refractivity contribution in [2.24, 2.45) is 0 Å². The zero-order valence-electron chi connectivity index (χ0n) is 10.7. The Morgan fingerprint density at radius 2 is 2.26 bits per heavy atom. The minimum absolute atomic E-state index is 0.184. The number of rotatable bonds is 4. The molecule has 0 bridgehead atoms. The van der Waals surface area contributed by atoms with Gasteiger partial charge >= 0.3 is 0 Å². The van der Waals surface area contributed by atoms with Crippen LogP contribution in [0.15, 0.2) is 18.3 Å². The minimum Gasteiger partial charge on any atom is -0.346 e. The maximum Gasteiger partial charge on any atom is 0.274 e. The normalized spacial score (nSPS) is 14.4. The van der Waals surface area contributed by atoms with Crippen LogP contribution in [0.2, 0.25) is 0 Å². The third-order valence-corrected chi connectivity index (χ3v) is 3.18. The van der Waals surface area contributed by atoms with Crippen molar-refractivity contribution in [3.63, 3.8) is 0 Å². The summed E-state index contributed by atoms with van der Waals surface area (Å²) in [5, 5.41) is 13.4. The SMILES string of the molecule is Cc1ccc(CNC(=O)c2n[nH]nc2C2CC2)cn1. The first-order valence-corrected chi connectivity index (χ1v) is 6.34. The van der Waals surface area contributed by atoms with Gasteiger partial charge in [0, 0.05) is 24.4 Å². The van der Waals surface area contributed by atoms with Gasteiger partial charge in [-0.15, -0.1) is 0 Å². The van der Waals surface area contributed by atoms with Crippen molar-refractivity contribution in [3.05, 3.63) is 41.0 Å². The molecule has 0 radical (unpaired) electrons. The smallest absolute Gasteiger partial charge is 0.274 e. The Kier molecular flexibility index (Phi) is 2.98. The molecule has 0 atom stereocenters. The number of nitrogens with one attached hydrogen (secondary N) is 2. The van der Waals surface area contributed by atoms with Crippen molar-refractivity contribution >= 4 is 5.91 Å². The first kappa shape index (κ1) is 11.8. The monoisotopic (exact) mass is 257 g/mol. The summed E-state index contributed by atoms with van der Waals surface area (Å²) in [6.07, 6.45) is 3.95. The number of hydrogen-bond acceptors (Lipinski definition) is 4. The molecule has 6 nitrogen and oxygen atoms in total. The molecular formula is C13H15N5O. The number of amides is 1. The average molecular weight is 257 g/mol. The van der Waals surface area contributed by atoms with Crippen molar-refractivity contribution < 1.29 is 4.79 Å². The Labute approximate surface area is 110 Å². The topological polar surface area (TPSA) is 83.6 Å². The van der Waals surface area contributed by atoms with Gasteiger partial charge in [0.15, 0.2) is 5.69 Å². The van der Waals surface area contributed by atoms with Crippen molar-refractivity contribution in [2.75, 3.05) is 0 Å². The molecule has 2 heterocycles. The van der Waals surface area contributed by atoms with E-state index in [1.807, 2.05) is 19.1 Å². The Balaban J connectivity index is 1.64. The van der Waals surface area contributed by atoms with Gasteiger partial charge < -0.3 is 5.32 Å². The van der Waals surface area contributed by atoms with Gasteiger partial charge in [0.2, 0.25) is 0 Å². The molecule has 2 N–H and O–H groups in total. The maximum atomic E-state index is 12.0. The highest BCUT2D eigenvalue weighted by atomic mass is 16.2. The number of aromatic amines is 1. The van der Waals surface area contributed by atoms with Gasteiger partial charge in [-0.3, -0.25) is 9.78 Å². The molecule has 98 valence electrons. The molecule has 3 rings (SSSR count). The Morgan fingerprint density at radius 1 is 1.42 bits per heavy atom. The van der Waals surface area contributed by atoms with Crippen LogP contribution < -0.4 is 5.32 Å². The molecule has 1 saturated carbocycles. The van der Waals surface area contributed by atoms with Gasteiger partial charge in [-0.1, -0.05) is 6.07 Å². The quantitative estimate of drug-likeness (QED) is 0.865. The molecule has 0 spiro atoms. The fourth-order valence-electron chi connectivity index (χ4n) is 1.92. The predicted molar refractivity (Wildman–Crippen MR) is 68.5 cm³/mol. The van der Waals surface area contributed by atoms with Crippen molar-refractivity contribution in [2.45, 2.75) is 32.2 Å². The van der Waals surface area contributed by atoms with Crippen LogP contribution in [0.5, 0.6) is 0 Å². The summed E-state index contributed by atoms with van der Waals surface area (Å²) in [5.41, 5.74) is 3.14. The third kappa shape index (κ3) is 2.62. The van der Waals surface area contributed by atoms with Crippen LogP contribution in [-0.4, -0.2) is 26.3 Å². The molecule has 6 heteroatoms. The Morgan fingerprint density at radius 3 is 2.95 bits per heavy atom. The third-order valence-electron chi connectivity index (χ3n) is 3.18. The summed E-state index contributed by atoms with van der Waals surface area (Å²) in [6.45, 7) is 2.38. The summed E-state index contributed by atoms with van der Waals surface area (Å²) in [7, 11) is 0. The molecule has 0 aliphatic heterocycles. The fraction of sp³-hybridized carbons (Fsp3) is 0.385. The summed E-state index contributed by atoms with van der Waals surface area (Å²) in [5.74, 6) is 0.219. The predicted octanol–water partition coefficient (Wildman–Crippen LogP) is 1.32. The Hall–Kier alpha value is -2.24. The van der Waals surface area contributed by atoms with Crippen molar-refractivity contribution in [1.29, 1.82) is 0 Å². The van der Waals surface area contributed by atoms with Crippen LogP contribution in [0, 0.1) is 6.92 Å². The van der Waals surface area contributed by atoms with Crippen LogP contribution in [0.1, 0.15) is 46.2 Å². The molecule has 0 aromatic carbocycles. The summed E-state index contributed by atoms with van der Waals surface area (Å²) in [6, 6.07) is 3.88. The van der Waals surface area contributed by atoms with E-state index in [4.69, 9.17) is 0 Å². The van der Waals surface area contributed by atoms with Crippen LogP contribution in [0.25, 0.3) is 0 Å².